The number of imide groups is 2. The Hall–Kier alpha value is -6.21. The van der Waals surface area contributed by atoms with Crippen molar-refractivity contribution in [2.24, 2.45) is 11.8 Å². The molecule has 0 bridgehead atoms. The fourth-order valence-corrected chi connectivity index (χ4v) is 9.48. The minimum atomic E-state index is -1.03. The number of pyridine rings is 1. The first-order valence-electron chi connectivity index (χ1n) is 22.5. The lowest BCUT2D eigenvalue weighted by Gasteiger charge is -2.33. The van der Waals surface area contributed by atoms with E-state index in [1.807, 2.05) is 13.0 Å². The van der Waals surface area contributed by atoms with Crippen molar-refractivity contribution in [3.63, 3.8) is 0 Å². The lowest BCUT2D eigenvalue weighted by molar-refractivity contribution is -0.136. The summed E-state index contributed by atoms with van der Waals surface area (Å²) in [6, 6.07) is 15.6. The van der Waals surface area contributed by atoms with Crippen LogP contribution in [-0.2, 0) is 28.7 Å². The van der Waals surface area contributed by atoms with E-state index in [0.717, 1.165) is 47.0 Å². The number of nitrogens with one attached hydrogen (secondary N) is 2. The van der Waals surface area contributed by atoms with E-state index in [9.17, 15) is 33.2 Å². The molecule has 2 atom stereocenters. The highest BCUT2D eigenvalue weighted by Gasteiger charge is 2.44. The largest absolute Gasteiger partial charge is 0.489 e. The van der Waals surface area contributed by atoms with Gasteiger partial charge in [-0.2, -0.15) is 0 Å². The highest BCUT2D eigenvalue weighted by molar-refractivity contribution is 6.32. The zero-order valence-electron chi connectivity index (χ0n) is 36.6. The number of carbonyl (C=O) groups excluding carboxylic acids is 6. The number of anilines is 1. The molecular formula is C50H51ClFN5O9. The predicted molar refractivity (Wildman–Crippen MR) is 242 cm³/mol. The maximum atomic E-state index is 14.1. The van der Waals surface area contributed by atoms with Crippen LogP contribution in [-0.4, -0.2) is 102 Å². The second-order valence-electron chi connectivity index (χ2n) is 17.2. The summed E-state index contributed by atoms with van der Waals surface area (Å²) in [5, 5.41) is 6.54. The number of ether oxygens (including phenoxy) is 3. The number of amides is 6. The molecule has 3 fully saturated rings. The summed E-state index contributed by atoms with van der Waals surface area (Å²) in [6.07, 6.45) is 6.86. The van der Waals surface area contributed by atoms with Gasteiger partial charge in [0.2, 0.25) is 23.6 Å². The van der Waals surface area contributed by atoms with Gasteiger partial charge in [-0.1, -0.05) is 30.4 Å². The summed E-state index contributed by atoms with van der Waals surface area (Å²) in [4.78, 5) is 83.2. The van der Waals surface area contributed by atoms with Gasteiger partial charge in [-0.25, -0.2) is 4.39 Å². The fraction of sp³-hybridized carbons (Fsp3) is 0.420. The van der Waals surface area contributed by atoms with Crippen molar-refractivity contribution in [2.45, 2.75) is 82.8 Å². The average Bonchev–Trinajstić information content (AvgIpc) is 3.56. The number of hydrogen-bond donors (Lipinski definition) is 2. The van der Waals surface area contributed by atoms with Gasteiger partial charge in [0.1, 0.15) is 30.3 Å². The van der Waals surface area contributed by atoms with Crippen LogP contribution in [0.15, 0.2) is 66.9 Å². The first-order valence-corrected chi connectivity index (χ1v) is 22.9. The van der Waals surface area contributed by atoms with Crippen LogP contribution in [0, 0.1) is 29.5 Å². The van der Waals surface area contributed by atoms with Crippen molar-refractivity contribution >= 4 is 63.6 Å². The zero-order chi connectivity index (χ0) is 46.3. The number of likely N-dealkylation sites (tertiary alicyclic amines) is 1. The summed E-state index contributed by atoms with van der Waals surface area (Å²) in [6.45, 7) is 3.88. The molecule has 0 spiro atoms. The molecule has 2 saturated heterocycles. The van der Waals surface area contributed by atoms with Gasteiger partial charge in [0.25, 0.3) is 11.8 Å². The SMILES string of the molecule is C[C@@H](C(=O)Nc1ccc(Cl)c(OC2CCN(C(=O)CCOCCOCC#Cc3ccc4c(c3)C(=O)N(C3CCC(=O)NC3=O)C4=O)CC2)c1)[C@H]1CC[C@@H](c2ccnc3ccc(F)cc32)CC1. The van der Waals surface area contributed by atoms with E-state index in [4.69, 9.17) is 25.8 Å². The fourth-order valence-electron chi connectivity index (χ4n) is 9.32. The number of benzene rings is 3. The predicted octanol–water partition coefficient (Wildman–Crippen LogP) is 6.82. The molecule has 8 rings (SSSR count). The van der Waals surface area contributed by atoms with E-state index in [0.29, 0.717) is 53.9 Å². The number of fused-ring (bicyclic) bond motifs is 2. The Morgan fingerprint density at radius 3 is 2.45 bits per heavy atom. The highest BCUT2D eigenvalue weighted by Crippen LogP contribution is 2.41. The van der Waals surface area contributed by atoms with Crippen LogP contribution in [0.3, 0.4) is 0 Å². The van der Waals surface area contributed by atoms with Crippen LogP contribution >= 0.6 is 11.6 Å². The standard InChI is InChI=1S/C50H51ClFN5O9/c1-30(32-5-7-33(8-6-32)37-16-20-53-42-13-9-34(52)28-39(37)42)47(60)54-35-10-12-41(51)44(29-35)66-36-17-21-56(22-18-36)46(59)19-24-65-26-25-64-23-2-3-31-4-11-38-40(27-31)50(63)57(49(38)62)43-14-15-45(58)55-48(43)61/h4,9-13,16,20,27-30,32-33,36,43H,5-8,14-15,17-19,21-26H2,1H3,(H,54,60)(H,55,58,61)/t30-,32-,33+,43?/m1/s1. The first-order chi connectivity index (χ1) is 31.9. The summed E-state index contributed by atoms with van der Waals surface area (Å²) in [7, 11) is 0. The van der Waals surface area contributed by atoms with Crippen LogP contribution in [0.1, 0.15) is 102 Å². The average molecular weight is 920 g/mol. The molecule has 4 heterocycles. The molecule has 66 heavy (non-hydrogen) atoms. The van der Waals surface area contributed by atoms with E-state index >= 15 is 0 Å². The molecule has 1 unspecified atom stereocenters. The molecular weight excluding hydrogens is 869 g/mol. The summed E-state index contributed by atoms with van der Waals surface area (Å²) in [5.41, 5.74) is 3.35. The van der Waals surface area contributed by atoms with Crippen LogP contribution in [0.25, 0.3) is 10.9 Å². The molecule has 4 aromatic rings. The molecule has 344 valence electrons. The van der Waals surface area contributed by atoms with Gasteiger partial charge in [-0.05, 0) is 104 Å². The van der Waals surface area contributed by atoms with E-state index in [1.54, 1.807) is 47.5 Å². The number of carbonyl (C=O) groups is 6. The van der Waals surface area contributed by atoms with Crippen molar-refractivity contribution in [3.05, 3.63) is 100.0 Å². The maximum absolute atomic E-state index is 14.1. The van der Waals surface area contributed by atoms with Gasteiger partial charge in [0.15, 0.2) is 0 Å². The molecule has 4 aliphatic rings. The number of halogens is 2. The molecule has 0 radical (unpaired) electrons. The molecule has 3 aliphatic heterocycles. The normalized spacial score (nSPS) is 20.4. The zero-order valence-corrected chi connectivity index (χ0v) is 37.4. The van der Waals surface area contributed by atoms with Crippen molar-refractivity contribution in [3.8, 4) is 17.6 Å². The Balaban J connectivity index is 0.703. The molecule has 3 aromatic carbocycles. The summed E-state index contributed by atoms with van der Waals surface area (Å²) >= 11 is 6.53. The Labute approximate surface area is 386 Å². The van der Waals surface area contributed by atoms with Crippen molar-refractivity contribution in [2.75, 3.05) is 44.8 Å². The second-order valence-corrected chi connectivity index (χ2v) is 17.6. The number of nitrogens with zero attached hydrogens (tertiary/aromatic N) is 3. The molecule has 14 nitrogen and oxygen atoms in total. The van der Waals surface area contributed by atoms with Gasteiger partial charge < -0.3 is 24.4 Å². The number of hydrogen-bond acceptors (Lipinski definition) is 10. The Bertz CT molecular complexity index is 2600. The summed E-state index contributed by atoms with van der Waals surface area (Å²) in [5.74, 6) is 3.96. The van der Waals surface area contributed by atoms with Crippen LogP contribution in [0.2, 0.25) is 5.02 Å². The van der Waals surface area contributed by atoms with Crippen molar-refractivity contribution in [1.29, 1.82) is 0 Å². The number of aromatic nitrogens is 1. The molecule has 1 aromatic heterocycles. The smallest absolute Gasteiger partial charge is 0.262 e. The molecule has 6 amide bonds. The van der Waals surface area contributed by atoms with Crippen LogP contribution in [0.5, 0.6) is 5.75 Å². The van der Waals surface area contributed by atoms with Crippen LogP contribution < -0.4 is 15.4 Å². The third kappa shape index (κ3) is 10.7. The van der Waals surface area contributed by atoms with Crippen molar-refractivity contribution in [1.82, 2.24) is 20.1 Å². The topological polar surface area (TPSA) is 174 Å². The van der Waals surface area contributed by atoms with E-state index in [1.165, 1.54) is 18.2 Å². The Morgan fingerprint density at radius 1 is 0.894 bits per heavy atom. The minimum absolute atomic E-state index is 0.0124. The first kappa shape index (κ1) is 46.3. The molecule has 1 aliphatic carbocycles. The monoisotopic (exact) mass is 919 g/mol. The highest BCUT2D eigenvalue weighted by atomic mass is 35.5. The Kier molecular flexibility index (Phi) is 14.7. The van der Waals surface area contributed by atoms with E-state index < -0.39 is 29.7 Å². The number of rotatable bonds is 14. The van der Waals surface area contributed by atoms with E-state index in [-0.39, 0.29) is 92.4 Å². The van der Waals surface area contributed by atoms with Gasteiger partial charge in [-0.3, -0.25) is 44.0 Å². The number of piperidine rings is 2. The van der Waals surface area contributed by atoms with Gasteiger partial charge in [0, 0.05) is 67.2 Å². The van der Waals surface area contributed by atoms with E-state index in [2.05, 4.69) is 27.5 Å². The minimum Gasteiger partial charge on any atom is -0.489 e. The second kappa shape index (κ2) is 21.0. The molecule has 1 saturated carbocycles. The van der Waals surface area contributed by atoms with Gasteiger partial charge in [0.05, 0.1) is 47.9 Å². The molecule has 16 heteroatoms. The summed E-state index contributed by atoms with van der Waals surface area (Å²) < 4.78 is 31.5. The molecule has 2 N–H and O–H groups in total. The van der Waals surface area contributed by atoms with Crippen LogP contribution in [0.4, 0.5) is 10.1 Å². The Morgan fingerprint density at radius 2 is 1.67 bits per heavy atom. The third-order valence-corrected chi connectivity index (χ3v) is 13.3. The lowest BCUT2D eigenvalue weighted by atomic mass is 9.73. The quantitative estimate of drug-likeness (QED) is 0.0777. The van der Waals surface area contributed by atoms with Gasteiger partial charge >= 0.3 is 0 Å². The van der Waals surface area contributed by atoms with Gasteiger partial charge in [-0.15, -0.1) is 0 Å². The lowest BCUT2D eigenvalue weighted by Crippen LogP contribution is -2.54. The third-order valence-electron chi connectivity index (χ3n) is 13.0. The van der Waals surface area contributed by atoms with Crippen molar-refractivity contribution < 1.29 is 47.4 Å². The maximum Gasteiger partial charge on any atom is 0.262 e.